The minimum Gasteiger partial charge on any atom is -0.378 e. The van der Waals surface area contributed by atoms with Gasteiger partial charge < -0.3 is 15.5 Å². The summed E-state index contributed by atoms with van der Waals surface area (Å²) in [7, 11) is 4.09. The topological polar surface area (TPSA) is 66.0 Å². The quantitative estimate of drug-likeness (QED) is 0.690. The standard InChI is InChI=1S/C21H26N6.H2S/c1-27(2)17-7-5-16(6-8-17)18-12-19-20(24-11-10-23-19)21(26-18)25-14-15-4-3-9-22-13-15;/h5-8,10-12,15,22H,3-4,9,13-14H2,1-2H3,(H,25,26);1H2/t15-;/m0./s1. The van der Waals surface area contributed by atoms with E-state index in [2.05, 4.69) is 49.8 Å². The minimum atomic E-state index is 0. The Morgan fingerprint density at radius 3 is 2.64 bits per heavy atom. The number of benzene rings is 1. The highest BCUT2D eigenvalue weighted by atomic mass is 32.1. The van der Waals surface area contributed by atoms with Gasteiger partial charge in [-0.05, 0) is 50.0 Å². The molecule has 2 N–H and O–H groups in total. The fraction of sp³-hybridized carbons (Fsp3) is 0.381. The molecule has 0 bridgehead atoms. The van der Waals surface area contributed by atoms with Crippen LogP contribution in [0.5, 0.6) is 0 Å². The van der Waals surface area contributed by atoms with Crippen LogP contribution in [-0.2, 0) is 0 Å². The van der Waals surface area contributed by atoms with Crippen molar-refractivity contribution in [3.8, 4) is 11.3 Å². The van der Waals surface area contributed by atoms with Gasteiger partial charge in [-0.15, -0.1) is 0 Å². The van der Waals surface area contributed by atoms with Crippen molar-refractivity contribution in [1.29, 1.82) is 0 Å². The van der Waals surface area contributed by atoms with Gasteiger partial charge in [-0.2, -0.15) is 13.5 Å². The molecular weight excluding hydrogens is 368 g/mol. The van der Waals surface area contributed by atoms with Crippen LogP contribution in [-0.4, -0.2) is 48.7 Å². The summed E-state index contributed by atoms with van der Waals surface area (Å²) in [6.07, 6.45) is 5.94. The minimum absolute atomic E-state index is 0. The fourth-order valence-corrected chi connectivity index (χ4v) is 3.51. The maximum atomic E-state index is 4.88. The van der Waals surface area contributed by atoms with E-state index in [4.69, 9.17) is 4.98 Å². The van der Waals surface area contributed by atoms with Gasteiger partial charge in [-0.3, -0.25) is 4.98 Å². The third-order valence-corrected chi connectivity index (χ3v) is 5.09. The zero-order valence-electron chi connectivity index (χ0n) is 16.4. The third kappa shape index (κ3) is 4.54. The van der Waals surface area contributed by atoms with Crippen LogP contribution >= 0.6 is 13.5 Å². The fourth-order valence-electron chi connectivity index (χ4n) is 3.51. The Labute approximate surface area is 173 Å². The van der Waals surface area contributed by atoms with Gasteiger partial charge in [0.1, 0.15) is 5.52 Å². The molecule has 0 amide bonds. The molecule has 0 radical (unpaired) electrons. The number of aromatic nitrogens is 3. The molecule has 0 spiro atoms. The van der Waals surface area contributed by atoms with E-state index in [-0.39, 0.29) is 13.5 Å². The molecule has 1 fully saturated rings. The van der Waals surface area contributed by atoms with Crippen LogP contribution in [0.2, 0.25) is 0 Å². The molecule has 1 atom stereocenters. The van der Waals surface area contributed by atoms with Crippen LogP contribution in [0, 0.1) is 5.92 Å². The predicted molar refractivity (Wildman–Crippen MR) is 122 cm³/mol. The monoisotopic (exact) mass is 396 g/mol. The van der Waals surface area contributed by atoms with Crippen LogP contribution in [0.15, 0.2) is 42.7 Å². The first-order valence-corrected chi connectivity index (χ1v) is 9.55. The molecule has 4 rings (SSSR count). The SMILES string of the molecule is CN(C)c1ccc(-c2cc3nccnc3c(NC[C@H]3CCCNC3)n2)cc1.S. The molecule has 0 unspecified atom stereocenters. The molecule has 0 aliphatic carbocycles. The second kappa shape index (κ2) is 9.21. The molecule has 7 heteroatoms. The van der Waals surface area contributed by atoms with E-state index < -0.39 is 0 Å². The van der Waals surface area contributed by atoms with Gasteiger partial charge in [0.15, 0.2) is 5.82 Å². The molecule has 28 heavy (non-hydrogen) atoms. The zero-order chi connectivity index (χ0) is 18.6. The largest absolute Gasteiger partial charge is 0.378 e. The highest BCUT2D eigenvalue weighted by molar-refractivity contribution is 7.59. The number of rotatable bonds is 5. The van der Waals surface area contributed by atoms with Crippen molar-refractivity contribution in [2.75, 3.05) is 43.9 Å². The average molecular weight is 397 g/mol. The number of anilines is 2. The molecule has 0 saturated carbocycles. The Balaban J connectivity index is 0.00000225. The Morgan fingerprint density at radius 1 is 1.14 bits per heavy atom. The van der Waals surface area contributed by atoms with E-state index in [1.54, 1.807) is 12.4 Å². The molecule has 1 aromatic carbocycles. The van der Waals surface area contributed by atoms with Gasteiger partial charge >= 0.3 is 0 Å². The van der Waals surface area contributed by atoms with Gasteiger partial charge in [0.05, 0.1) is 11.2 Å². The second-order valence-corrected chi connectivity index (χ2v) is 7.31. The summed E-state index contributed by atoms with van der Waals surface area (Å²) >= 11 is 0. The first-order valence-electron chi connectivity index (χ1n) is 9.55. The normalized spacial score (nSPS) is 16.4. The maximum absolute atomic E-state index is 4.88. The number of nitrogens with zero attached hydrogens (tertiary/aromatic N) is 4. The summed E-state index contributed by atoms with van der Waals surface area (Å²) in [5, 5.41) is 7.00. The Hall–Kier alpha value is -2.38. The Kier molecular flexibility index (Phi) is 6.70. The van der Waals surface area contributed by atoms with Crippen molar-refractivity contribution in [2.24, 2.45) is 5.92 Å². The summed E-state index contributed by atoms with van der Waals surface area (Å²) in [5.74, 6) is 1.44. The first kappa shape index (κ1) is 20.4. The Morgan fingerprint density at radius 2 is 1.93 bits per heavy atom. The van der Waals surface area contributed by atoms with Crippen LogP contribution in [0.1, 0.15) is 12.8 Å². The second-order valence-electron chi connectivity index (χ2n) is 7.31. The van der Waals surface area contributed by atoms with E-state index in [9.17, 15) is 0 Å². The molecule has 2 aromatic heterocycles. The van der Waals surface area contributed by atoms with E-state index in [0.717, 1.165) is 47.7 Å². The number of hydrogen-bond donors (Lipinski definition) is 2. The maximum Gasteiger partial charge on any atom is 0.154 e. The van der Waals surface area contributed by atoms with E-state index in [0.29, 0.717) is 5.92 Å². The molecule has 1 aliphatic rings. The zero-order valence-corrected chi connectivity index (χ0v) is 17.4. The number of fused-ring (bicyclic) bond motifs is 1. The lowest BCUT2D eigenvalue weighted by Crippen LogP contribution is -2.33. The van der Waals surface area contributed by atoms with E-state index in [1.807, 2.05) is 20.2 Å². The lowest BCUT2D eigenvalue weighted by molar-refractivity contribution is 0.392. The van der Waals surface area contributed by atoms with Gasteiger partial charge in [-0.25, -0.2) is 9.97 Å². The summed E-state index contributed by atoms with van der Waals surface area (Å²) in [6, 6.07) is 10.4. The van der Waals surface area contributed by atoms with Crippen molar-refractivity contribution in [1.82, 2.24) is 20.3 Å². The molecule has 1 aliphatic heterocycles. The van der Waals surface area contributed by atoms with Crippen LogP contribution < -0.4 is 15.5 Å². The smallest absolute Gasteiger partial charge is 0.154 e. The summed E-state index contributed by atoms with van der Waals surface area (Å²) in [4.78, 5) is 16.0. The summed E-state index contributed by atoms with van der Waals surface area (Å²) in [6.45, 7) is 3.08. The third-order valence-electron chi connectivity index (χ3n) is 5.09. The first-order chi connectivity index (χ1) is 13.2. The van der Waals surface area contributed by atoms with E-state index in [1.165, 1.54) is 18.5 Å². The van der Waals surface area contributed by atoms with Crippen molar-refractivity contribution in [3.05, 3.63) is 42.7 Å². The van der Waals surface area contributed by atoms with Crippen LogP contribution in [0.4, 0.5) is 11.5 Å². The van der Waals surface area contributed by atoms with E-state index >= 15 is 0 Å². The van der Waals surface area contributed by atoms with Gasteiger partial charge in [0.25, 0.3) is 0 Å². The highest BCUT2D eigenvalue weighted by Crippen LogP contribution is 2.27. The number of hydrogen-bond acceptors (Lipinski definition) is 6. The number of nitrogens with one attached hydrogen (secondary N) is 2. The number of piperidine rings is 1. The van der Waals surface area contributed by atoms with Crippen LogP contribution in [0.3, 0.4) is 0 Å². The number of pyridine rings is 1. The molecule has 3 aromatic rings. The molecule has 6 nitrogen and oxygen atoms in total. The molecule has 148 valence electrons. The van der Waals surface area contributed by atoms with Gasteiger partial charge in [-0.1, -0.05) is 12.1 Å². The van der Waals surface area contributed by atoms with Crippen molar-refractivity contribution in [3.63, 3.8) is 0 Å². The van der Waals surface area contributed by atoms with Crippen molar-refractivity contribution < 1.29 is 0 Å². The predicted octanol–water partition coefficient (Wildman–Crippen LogP) is 3.28. The average Bonchev–Trinajstić information content (AvgIpc) is 2.72. The summed E-state index contributed by atoms with van der Waals surface area (Å²) in [5.41, 5.74) is 4.86. The molecule has 1 saturated heterocycles. The van der Waals surface area contributed by atoms with Crippen LogP contribution in [0.25, 0.3) is 22.3 Å². The van der Waals surface area contributed by atoms with Crippen molar-refractivity contribution in [2.45, 2.75) is 12.8 Å². The summed E-state index contributed by atoms with van der Waals surface area (Å²) < 4.78 is 0. The lowest BCUT2D eigenvalue weighted by Gasteiger charge is -2.23. The van der Waals surface area contributed by atoms with Gasteiger partial charge in [0, 0.05) is 44.3 Å². The van der Waals surface area contributed by atoms with Gasteiger partial charge in [0.2, 0.25) is 0 Å². The van der Waals surface area contributed by atoms with Crippen molar-refractivity contribution >= 4 is 36.0 Å². The Bertz CT molecular complexity index is 906. The highest BCUT2D eigenvalue weighted by Gasteiger charge is 2.15. The lowest BCUT2D eigenvalue weighted by atomic mass is 10.00. The molecular formula is C21H28N6S. The molecule has 3 heterocycles.